The molecule has 0 saturated carbocycles. The van der Waals surface area contributed by atoms with Crippen LogP contribution in [-0.4, -0.2) is 30.3 Å². The van der Waals surface area contributed by atoms with Gasteiger partial charge in [-0.05, 0) is 19.1 Å². The summed E-state index contributed by atoms with van der Waals surface area (Å²) in [7, 11) is 0. The SMILES string of the molecule is CC(OC(C(F)(F)F)C(F)(F)F)C(=O)c1ccc(Br)cc1. The van der Waals surface area contributed by atoms with Gasteiger partial charge in [0.15, 0.2) is 5.78 Å². The minimum Gasteiger partial charge on any atom is -0.350 e. The Morgan fingerprint density at radius 3 is 1.86 bits per heavy atom. The lowest BCUT2D eigenvalue weighted by molar-refractivity contribution is -0.325. The van der Waals surface area contributed by atoms with Crippen molar-refractivity contribution in [3.63, 3.8) is 0 Å². The van der Waals surface area contributed by atoms with E-state index in [1.54, 1.807) is 0 Å². The summed E-state index contributed by atoms with van der Waals surface area (Å²) < 4.78 is 78.5. The molecule has 0 heterocycles. The summed E-state index contributed by atoms with van der Waals surface area (Å²) in [5.74, 6) is -0.971. The van der Waals surface area contributed by atoms with Crippen LogP contribution in [0.4, 0.5) is 26.3 Å². The first-order valence-corrected chi connectivity index (χ1v) is 6.31. The maximum Gasteiger partial charge on any atom is 0.423 e. The number of alkyl halides is 6. The second kappa shape index (κ2) is 6.35. The van der Waals surface area contributed by atoms with Gasteiger partial charge in [0, 0.05) is 10.0 Å². The molecule has 9 heteroatoms. The first-order valence-electron chi connectivity index (χ1n) is 5.51. The Hall–Kier alpha value is -1.09. The van der Waals surface area contributed by atoms with Crippen molar-refractivity contribution in [3.05, 3.63) is 34.3 Å². The number of hydrogen-bond donors (Lipinski definition) is 0. The number of ketones is 1. The highest BCUT2D eigenvalue weighted by Gasteiger charge is 2.58. The van der Waals surface area contributed by atoms with E-state index >= 15 is 0 Å². The van der Waals surface area contributed by atoms with Crippen molar-refractivity contribution >= 4 is 21.7 Å². The number of carbonyl (C=O) groups is 1. The zero-order valence-electron chi connectivity index (χ0n) is 10.4. The number of benzene rings is 1. The standard InChI is InChI=1S/C12H9BrF6O2/c1-6(9(20)7-2-4-8(13)5-3-7)21-10(11(14,15)16)12(17,18)19/h2-6,10H,1H3. The summed E-state index contributed by atoms with van der Waals surface area (Å²) in [5, 5.41) is 0. The summed E-state index contributed by atoms with van der Waals surface area (Å²) >= 11 is 3.08. The first kappa shape index (κ1) is 18.0. The average Bonchev–Trinajstić information content (AvgIpc) is 2.33. The molecule has 0 aromatic heterocycles. The summed E-state index contributed by atoms with van der Waals surface area (Å²) in [6.07, 6.45) is -17.2. The molecular formula is C12H9BrF6O2. The molecule has 0 spiro atoms. The maximum atomic E-state index is 12.3. The molecule has 0 saturated heterocycles. The number of hydrogen-bond acceptors (Lipinski definition) is 2. The van der Waals surface area contributed by atoms with Crippen molar-refractivity contribution in [2.24, 2.45) is 0 Å². The van der Waals surface area contributed by atoms with E-state index in [0.29, 0.717) is 4.47 Å². The molecule has 0 radical (unpaired) electrons. The lowest BCUT2D eigenvalue weighted by atomic mass is 10.1. The monoisotopic (exact) mass is 378 g/mol. The minimum absolute atomic E-state index is 0.0474. The van der Waals surface area contributed by atoms with Crippen molar-refractivity contribution in [2.75, 3.05) is 0 Å². The molecule has 0 aliphatic heterocycles. The zero-order chi connectivity index (χ0) is 16.4. The molecule has 0 N–H and O–H groups in total. The molecule has 118 valence electrons. The van der Waals surface area contributed by atoms with Crippen molar-refractivity contribution in [2.45, 2.75) is 31.5 Å². The molecule has 0 aliphatic rings. The smallest absolute Gasteiger partial charge is 0.350 e. The maximum absolute atomic E-state index is 12.3. The van der Waals surface area contributed by atoms with Crippen molar-refractivity contribution in [1.82, 2.24) is 0 Å². The van der Waals surface area contributed by atoms with Crippen LogP contribution in [0.3, 0.4) is 0 Å². The van der Waals surface area contributed by atoms with Crippen LogP contribution < -0.4 is 0 Å². The van der Waals surface area contributed by atoms with Gasteiger partial charge in [-0.2, -0.15) is 26.3 Å². The third-order valence-electron chi connectivity index (χ3n) is 2.43. The number of rotatable bonds is 4. The number of ether oxygens (including phenoxy) is 1. The lowest BCUT2D eigenvalue weighted by Gasteiger charge is -2.25. The van der Waals surface area contributed by atoms with Gasteiger partial charge in [-0.15, -0.1) is 0 Å². The van der Waals surface area contributed by atoms with E-state index in [9.17, 15) is 31.1 Å². The summed E-state index contributed by atoms with van der Waals surface area (Å²) in [5.41, 5.74) is -0.0474. The van der Waals surface area contributed by atoms with Crippen LogP contribution in [0, 0.1) is 0 Å². The predicted molar refractivity (Wildman–Crippen MR) is 64.9 cm³/mol. The van der Waals surface area contributed by atoms with Gasteiger partial charge >= 0.3 is 12.4 Å². The third-order valence-corrected chi connectivity index (χ3v) is 2.96. The molecule has 1 atom stereocenters. The van der Waals surface area contributed by atoms with Crippen LogP contribution >= 0.6 is 15.9 Å². The van der Waals surface area contributed by atoms with Gasteiger partial charge in [0.1, 0.15) is 6.10 Å². The second-order valence-electron chi connectivity index (χ2n) is 4.11. The Balaban J connectivity index is 2.90. The molecule has 0 fully saturated rings. The fourth-order valence-electron chi connectivity index (χ4n) is 1.45. The third kappa shape index (κ3) is 4.99. The molecular weight excluding hydrogens is 370 g/mol. The second-order valence-corrected chi connectivity index (χ2v) is 5.03. The molecule has 1 unspecified atom stereocenters. The quantitative estimate of drug-likeness (QED) is 0.568. The van der Waals surface area contributed by atoms with Crippen LogP contribution in [0.5, 0.6) is 0 Å². The molecule has 0 amide bonds. The molecule has 21 heavy (non-hydrogen) atoms. The largest absolute Gasteiger partial charge is 0.423 e. The van der Waals surface area contributed by atoms with Crippen molar-refractivity contribution in [1.29, 1.82) is 0 Å². The minimum atomic E-state index is -5.65. The van der Waals surface area contributed by atoms with Crippen LogP contribution in [0.2, 0.25) is 0 Å². The van der Waals surface area contributed by atoms with E-state index in [0.717, 1.165) is 6.92 Å². The fraction of sp³-hybridized carbons (Fsp3) is 0.417. The van der Waals surface area contributed by atoms with Gasteiger partial charge in [0.05, 0.1) is 0 Å². The Morgan fingerprint density at radius 2 is 1.48 bits per heavy atom. The normalized spacial score (nSPS) is 14.3. The first-order chi connectivity index (χ1) is 9.43. The highest BCUT2D eigenvalue weighted by molar-refractivity contribution is 9.10. The average molecular weight is 379 g/mol. The number of Topliss-reactive ketones (excluding diaryl/α,β-unsaturated/α-hetero) is 1. The van der Waals surface area contributed by atoms with E-state index in [4.69, 9.17) is 0 Å². The Morgan fingerprint density at radius 1 is 1.05 bits per heavy atom. The van der Waals surface area contributed by atoms with E-state index in [2.05, 4.69) is 20.7 Å². The highest BCUT2D eigenvalue weighted by Crippen LogP contribution is 2.36. The molecule has 0 aliphatic carbocycles. The van der Waals surface area contributed by atoms with Crippen LogP contribution in [0.1, 0.15) is 17.3 Å². The van der Waals surface area contributed by atoms with Crippen molar-refractivity contribution < 1.29 is 35.9 Å². The van der Waals surface area contributed by atoms with Crippen LogP contribution in [-0.2, 0) is 4.74 Å². The summed E-state index contributed by atoms with van der Waals surface area (Å²) in [6.45, 7) is 0.842. The van der Waals surface area contributed by atoms with Gasteiger partial charge in [-0.25, -0.2) is 0 Å². The van der Waals surface area contributed by atoms with Gasteiger partial charge in [0.2, 0.25) is 6.10 Å². The molecule has 0 bridgehead atoms. The Labute approximate surface area is 124 Å². The highest BCUT2D eigenvalue weighted by atomic mass is 79.9. The lowest BCUT2D eigenvalue weighted by Crippen LogP contribution is -2.47. The topological polar surface area (TPSA) is 26.3 Å². The van der Waals surface area contributed by atoms with Gasteiger partial charge in [0.25, 0.3) is 0 Å². The van der Waals surface area contributed by atoms with Crippen molar-refractivity contribution in [3.8, 4) is 0 Å². The number of carbonyl (C=O) groups excluding carboxylic acids is 1. The van der Waals surface area contributed by atoms with E-state index < -0.39 is 30.3 Å². The Bertz CT molecular complexity index is 480. The molecule has 1 rings (SSSR count). The molecule has 1 aromatic carbocycles. The fourth-order valence-corrected chi connectivity index (χ4v) is 1.72. The van der Waals surface area contributed by atoms with Gasteiger partial charge in [-0.1, -0.05) is 28.1 Å². The van der Waals surface area contributed by atoms with E-state index in [1.807, 2.05) is 0 Å². The summed E-state index contributed by atoms with van der Waals surface area (Å²) in [6, 6.07) is 5.40. The van der Waals surface area contributed by atoms with E-state index in [1.165, 1.54) is 24.3 Å². The van der Waals surface area contributed by atoms with E-state index in [-0.39, 0.29) is 5.56 Å². The predicted octanol–water partition coefficient (Wildman–Crippen LogP) is 4.53. The van der Waals surface area contributed by atoms with Crippen LogP contribution in [0.15, 0.2) is 28.7 Å². The van der Waals surface area contributed by atoms with Gasteiger partial charge in [-0.3, -0.25) is 4.79 Å². The van der Waals surface area contributed by atoms with Crippen LogP contribution in [0.25, 0.3) is 0 Å². The zero-order valence-corrected chi connectivity index (χ0v) is 12.0. The molecule has 2 nitrogen and oxygen atoms in total. The van der Waals surface area contributed by atoms with Gasteiger partial charge < -0.3 is 4.74 Å². The summed E-state index contributed by atoms with van der Waals surface area (Å²) in [4.78, 5) is 11.8. The number of halogens is 7. The molecule has 1 aromatic rings. The Kier molecular flexibility index (Phi) is 5.43.